The van der Waals surface area contributed by atoms with Crippen LogP contribution >= 0.6 is 11.8 Å². The summed E-state index contributed by atoms with van der Waals surface area (Å²) in [6, 6.07) is 1.75. The van der Waals surface area contributed by atoms with E-state index >= 15 is 0 Å². The van der Waals surface area contributed by atoms with Crippen LogP contribution in [-0.4, -0.2) is 10.9 Å². The lowest BCUT2D eigenvalue weighted by Crippen LogP contribution is -1.79. The Morgan fingerprint density at radius 3 is 3.10 bits per heavy atom. The summed E-state index contributed by atoms with van der Waals surface area (Å²) in [5.41, 5.74) is 6.23. The van der Waals surface area contributed by atoms with Gasteiger partial charge in [0.15, 0.2) is 0 Å². The summed E-state index contributed by atoms with van der Waals surface area (Å²) in [6.07, 6.45) is 0. The van der Waals surface area contributed by atoms with E-state index in [2.05, 4.69) is 16.6 Å². The quantitative estimate of drug-likeness (QED) is 0.724. The molecule has 0 atom stereocenters. The lowest BCUT2D eigenvalue weighted by molar-refractivity contribution is 0.430. The first kappa shape index (κ1) is 7.47. The van der Waals surface area contributed by atoms with Crippen molar-refractivity contribution in [2.75, 3.05) is 11.5 Å². The number of thioether (sulfide) groups is 1. The molecule has 4 heteroatoms. The van der Waals surface area contributed by atoms with Gasteiger partial charge in [-0.3, -0.25) is 0 Å². The molecule has 0 unspecified atom stereocenters. The lowest BCUT2D eigenvalue weighted by atomic mass is 10.5. The normalized spacial score (nSPS) is 10.1. The second-order valence-electron chi connectivity index (χ2n) is 1.86. The minimum atomic E-state index is 0.395. The molecule has 0 radical (unpaired) electrons. The van der Waals surface area contributed by atoms with E-state index in [1.165, 1.54) is 0 Å². The number of hydrogen-bond acceptors (Lipinski definition) is 4. The van der Waals surface area contributed by atoms with Gasteiger partial charge in [0.1, 0.15) is 0 Å². The van der Waals surface area contributed by atoms with Crippen molar-refractivity contribution in [2.45, 2.75) is 12.7 Å². The molecule has 0 fully saturated rings. The fourth-order valence-corrected chi connectivity index (χ4v) is 1.15. The zero-order chi connectivity index (χ0) is 7.40. The van der Waals surface area contributed by atoms with Crippen molar-refractivity contribution < 1.29 is 4.52 Å². The fourth-order valence-electron chi connectivity index (χ4n) is 0.603. The Kier molecular flexibility index (Phi) is 2.62. The molecule has 10 heavy (non-hydrogen) atoms. The number of aromatic nitrogens is 1. The Labute approximate surface area is 64.0 Å². The van der Waals surface area contributed by atoms with E-state index < -0.39 is 0 Å². The van der Waals surface area contributed by atoms with Crippen LogP contribution < -0.4 is 5.73 Å². The predicted molar refractivity (Wildman–Crippen MR) is 42.8 cm³/mol. The summed E-state index contributed by atoms with van der Waals surface area (Å²) in [6.45, 7) is 2.11. The highest BCUT2D eigenvalue weighted by atomic mass is 32.2. The summed E-state index contributed by atoms with van der Waals surface area (Å²) >= 11 is 1.80. The lowest BCUT2D eigenvalue weighted by Gasteiger charge is -1.88. The molecule has 1 heterocycles. The molecule has 1 rings (SSSR count). The smallest absolute Gasteiger partial charge is 0.222 e. The Morgan fingerprint density at radius 1 is 1.80 bits per heavy atom. The van der Waals surface area contributed by atoms with Gasteiger partial charge in [-0.25, -0.2) is 0 Å². The molecule has 0 spiro atoms. The summed E-state index contributed by atoms with van der Waals surface area (Å²) < 4.78 is 4.68. The average molecular weight is 158 g/mol. The van der Waals surface area contributed by atoms with Crippen LogP contribution in [0.2, 0.25) is 0 Å². The molecular formula is C6H10N2OS. The molecule has 0 saturated carbocycles. The van der Waals surface area contributed by atoms with Gasteiger partial charge in [0, 0.05) is 11.8 Å². The van der Waals surface area contributed by atoms with Gasteiger partial charge in [-0.05, 0) is 5.75 Å². The van der Waals surface area contributed by atoms with Crippen molar-refractivity contribution in [2.24, 2.45) is 0 Å². The van der Waals surface area contributed by atoms with Gasteiger partial charge in [0.2, 0.25) is 5.88 Å². The third-order valence-electron chi connectivity index (χ3n) is 1.03. The Bertz CT molecular complexity index is 199. The van der Waals surface area contributed by atoms with Crippen LogP contribution in [0, 0.1) is 0 Å². The van der Waals surface area contributed by atoms with Crippen LogP contribution in [0.25, 0.3) is 0 Å². The van der Waals surface area contributed by atoms with E-state index in [1.807, 2.05) is 0 Å². The van der Waals surface area contributed by atoms with E-state index in [4.69, 9.17) is 5.73 Å². The zero-order valence-corrected chi connectivity index (χ0v) is 6.65. The van der Waals surface area contributed by atoms with Crippen molar-refractivity contribution in [1.82, 2.24) is 5.16 Å². The first-order valence-corrected chi connectivity index (χ1v) is 4.27. The SMILES string of the molecule is CCSCc1cc(N)on1. The molecule has 0 amide bonds. The highest BCUT2D eigenvalue weighted by Gasteiger charge is 1.98. The van der Waals surface area contributed by atoms with Crippen molar-refractivity contribution in [3.63, 3.8) is 0 Å². The van der Waals surface area contributed by atoms with Crippen molar-refractivity contribution in [1.29, 1.82) is 0 Å². The van der Waals surface area contributed by atoms with Gasteiger partial charge >= 0.3 is 0 Å². The minimum Gasteiger partial charge on any atom is -0.368 e. The number of nitrogen functional groups attached to an aromatic ring is 1. The predicted octanol–water partition coefficient (Wildman–Crippen LogP) is 1.51. The first-order chi connectivity index (χ1) is 4.83. The van der Waals surface area contributed by atoms with Crippen LogP contribution in [0.4, 0.5) is 5.88 Å². The molecule has 0 aliphatic carbocycles. The fraction of sp³-hybridized carbons (Fsp3) is 0.500. The Hall–Kier alpha value is -0.640. The summed E-state index contributed by atoms with van der Waals surface area (Å²) in [7, 11) is 0. The van der Waals surface area contributed by atoms with E-state index in [-0.39, 0.29) is 0 Å². The first-order valence-electron chi connectivity index (χ1n) is 3.11. The molecule has 0 aliphatic heterocycles. The third-order valence-corrected chi connectivity index (χ3v) is 1.94. The molecule has 56 valence electrons. The highest BCUT2D eigenvalue weighted by Crippen LogP contribution is 2.12. The minimum absolute atomic E-state index is 0.395. The maximum atomic E-state index is 5.31. The topological polar surface area (TPSA) is 52.0 Å². The number of rotatable bonds is 3. The number of anilines is 1. The van der Waals surface area contributed by atoms with E-state index in [0.717, 1.165) is 17.2 Å². The van der Waals surface area contributed by atoms with Gasteiger partial charge in [-0.15, -0.1) is 0 Å². The molecular weight excluding hydrogens is 148 g/mol. The maximum absolute atomic E-state index is 5.31. The maximum Gasteiger partial charge on any atom is 0.222 e. The third kappa shape index (κ3) is 1.95. The molecule has 0 saturated heterocycles. The van der Waals surface area contributed by atoms with E-state index in [0.29, 0.717) is 5.88 Å². The molecule has 3 nitrogen and oxygen atoms in total. The highest BCUT2D eigenvalue weighted by molar-refractivity contribution is 7.98. The van der Waals surface area contributed by atoms with Crippen molar-refractivity contribution in [3.8, 4) is 0 Å². The second-order valence-corrected chi connectivity index (χ2v) is 3.13. The van der Waals surface area contributed by atoms with Gasteiger partial charge in [-0.2, -0.15) is 11.8 Å². The van der Waals surface area contributed by atoms with Gasteiger partial charge < -0.3 is 10.3 Å². The number of nitrogens with two attached hydrogens (primary N) is 1. The summed E-state index contributed by atoms with van der Waals surface area (Å²) in [5.74, 6) is 2.37. The molecule has 1 aromatic rings. The molecule has 0 bridgehead atoms. The van der Waals surface area contributed by atoms with Crippen LogP contribution in [0.1, 0.15) is 12.6 Å². The number of hydrogen-bond donors (Lipinski definition) is 1. The van der Waals surface area contributed by atoms with Crippen LogP contribution in [0.15, 0.2) is 10.6 Å². The standard InChI is InChI=1S/C6H10N2OS/c1-2-10-4-5-3-6(7)9-8-5/h3H,2,4,7H2,1H3. The van der Waals surface area contributed by atoms with Gasteiger partial charge in [0.25, 0.3) is 0 Å². The molecule has 1 aromatic heterocycles. The van der Waals surface area contributed by atoms with Crippen molar-refractivity contribution >= 4 is 17.6 Å². The Balaban J connectivity index is 2.42. The number of nitrogens with zero attached hydrogens (tertiary/aromatic N) is 1. The summed E-state index contributed by atoms with van der Waals surface area (Å²) in [4.78, 5) is 0. The van der Waals surface area contributed by atoms with Crippen LogP contribution in [0.3, 0.4) is 0 Å². The second kappa shape index (κ2) is 3.51. The van der Waals surface area contributed by atoms with Gasteiger partial charge in [0.05, 0.1) is 5.69 Å². The summed E-state index contributed by atoms with van der Waals surface area (Å²) in [5, 5.41) is 3.73. The zero-order valence-electron chi connectivity index (χ0n) is 5.83. The van der Waals surface area contributed by atoms with Crippen LogP contribution in [0.5, 0.6) is 0 Å². The van der Waals surface area contributed by atoms with E-state index in [9.17, 15) is 0 Å². The molecule has 2 N–H and O–H groups in total. The average Bonchev–Trinajstić information content (AvgIpc) is 2.31. The molecule has 0 aliphatic rings. The molecule has 0 aromatic carbocycles. The van der Waals surface area contributed by atoms with E-state index in [1.54, 1.807) is 17.8 Å². The monoisotopic (exact) mass is 158 g/mol. The van der Waals surface area contributed by atoms with Crippen molar-refractivity contribution in [3.05, 3.63) is 11.8 Å². The Morgan fingerprint density at radius 2 is 2.60 bits per heavy atom. The largest absolute Gasteiger partial charge is 0.368 e. The van der Waals surface area contributed by atoms with Gasteiger partial charge in [-0.1, -0.05) is 12.1 Å². The van der Waals surface area contributed by atoms with Crippen LogP contribution in [-0.2, 0) is 5.75 Å².